The summed E-state index contributed by atoms with van der Waals surface area (Å²) in [6, 6.07) is 4.66. The van der Waals surface area contributed by atoms with Crippen molar-refractivity contribution in [1.29, 1.82) is 0 Å². The summed E-state index contributed by atoms with van der Waals surface area (Å²) >= 11 is 0. The number of carbonyl (C=O) groups excluding carboxylic acids is 1. The van der Waals surface area contributed by atoms with Crippen molar-refractivity contribution in [3.8, 4) is 0 Å². The van der Waals surface area contributed by atoms with E-state index in [-0.39, 0.29) is 37.6 Å². The monoisotopic (exact) mass is 385 g/mol. The van der Waals surface area contributed by atoms with Gasteiger partial charge in [-0.2, -0.15) is 13.2 Å². The van der Waals surface area contributed by atoms with Crippen LogP contribution in [-0.4, -0.2) is 57.5 Å². The molecular weight excluding hydrogens is 371 g/mol. The summed E-state index contributed by atoms with van der Waals surface area (Å²) in [4.78, 5) is 41.3. The van der Waals surface area contributed by atoms with Crippen molar-refractivity contribution in [1.82, 2.24) is 14.3 Å². The van der Waals surface area contributed by atoms with Gasteiger partial charge in [-0.1, -0.05) is 6.07 Å². The van der Waals surface area contributed by atoms with Crippen molar-refractivity contribution in [3.63, 3.8) is 0 Å². The summed E-state index contributed by atoms with van der Waals surface area (Å²) in [7, 11) is 0. The molecule has 0 aliphatic carbocycles. The van der Waals surface area contributed by atoms with Gasteiger partial charge in [-0.05, 0) is 12.1 Å². The van der Waals surface area contributed by atoms with Crippen molar-refractivity contribution in [2.24, 2.45) is 0 Å². The molecule has 0 N–H and O–H groups in total. The van der Waals surface area contributed by atoms with Crippen molar-refractivity contribution in [2.75, 3.05) is 31.1 Å². The maximum Gasteiger partial charge on any atom is 0.397 e. The number of aromatic nitrogens is 2. The molecule has 1 fully saturated rings. The summed E-state index contributed by atoms with van der Waals surface area (Å²) in [6.07, 6.45) is -4.79. The number of nitrogens with zero attached hydrogens (tertiary/aromatic N) is 5. The number of alkyl halides is 3. The fourth-order valence-corrected chi connectivity index (χ4v) is 2.90. The zero-order valence-corrected chi connectivity index (χ0v) is 13.8. The minimum Gasteiger partial charge on any atom is -0.347 e. The molecule has 0 unspecified atom stereocenters. The predicted molar refractivity (Wildman–Crippen MR) is 87.6 cm³/mol. The quantitative estimate of drug-likeness (QED) is 0.581. The Morgan fingerprint density at radius 3 is 2.48 bits per heavy atom. The lowest BCUT2D eigenvalue weighted by molar-refractivity contribution is -0.385. The highest BCUT2D eigenvalue weighted by molar-refractivity contribution is 5.77. The van der Waals surface area contributed by atoms with Gasteiger partial charge in [0.2, 0.25) is 11.7 Å². The summed E-state index contributed by atoms with van der Waals surface area (Å²) in [5.41, 5.74) is -1.36. The van der Waals surface area contributed by atoms with E-state index in [0.29, 0.717) is 0 Å². The van der Waals surface area contributed by atoms with Gasteiger partial charge in [0.25, 0.3) is 0 Å². The first-order valence-electron chi connectivity index (χ1n) is 7.92. The average Bonchev–Trinajstić information content (AvgIpc) is 2.60. The van der Waals surface area contributed by atoms with E-state index in [9.17, 15) is 32.9 Å². The molecule has 27 heavy (non-hydrogen) atoms. The fourth-order valence-electron chi connectivity index (χ4n) is 2.90. The average molecular weight is 385 g/mol. The highest BCUT2D eigenvalue weighted by atomic mass is 19.4. The standard InChI is InChI=1S/C15H14F3N5O4/c16-15(17,18)9-11(24)20-5-7-21(8-6-20)13-12(23(26)27)14(25)22-4-2-1-3-10(22)19-13/h1-4H,5-9H2. The molecule has 2 aromatic heterocycles. The van der Waals surface area contributed by atoms with Gasteiger partial charge in [-0.15, -0.1) is 0 Å². The minimum atomic E-state index is -4.60. The number of halogens is 3. The maximum atomic E-state index is 12.4. The lowest BCUT2D eigenvalue weighted by Gasteiger charge is -2.35. The molecule has 0 bridgehead atoms. The Hall–Kier alpha value is -3.18. The van der Waals surface area contributed by atoms with Gasteiger partial charge in [-0.3, -0.25) is 24.1 Å². The number of rotatable bonds is 3. The van der Waals surface area contributed by atoms with Gasteiger partial charge in [0, 0.05) is 32.4 Å². The van der Waals surface area contributed by atoms with Gasteiger partial charge in [-0.25, -0.2) is 4.98 Å². The molecule has 0 spiro atoms. The van der Waals surface area contributed by atoms with Crippen molar-refractivity contribution < 1.29 is 22.9 Å². The molecule has 9 nitrogen and oxygen atoms in total. The van der Waals surface area contributed by atoms with Crippen LogP contribution in [0.3, 0.4) is 0 Å². The normalized spacial score (nSPS) is 15.2. The first kappa shape index (κ1) is 18.6. The molecule has 2 aromatic rings. The van der Waals surface area contributed by atoms with Crippen LogP contribution in [0.4, 0.5) is 24.7 Å². The van der Waals surface area contributed by atoms with E-state index in [4.69, 9.17) is 0 Å². The fraction of sp³-hybridized carbons (Fsp3) is 0.400. The Labute approximate surface area is 149 Å². The number of nitro groups is 1. The maximum absolute atomic E-state index is 12.4. The molecule has 12 heteroatoms. The molecule has 1 aliphatic heterocycles. The molecule has 3 heterocycles. The van der Waals surface area contributed by atoms with E-state index in [1.165, 1.54) is 23.2 Å². The largest absolute Gasteiger partial charge is 0.397 e. The van der Waals surface area contributed by atoms with Crippen molar-refractivity contribution in [3.05, 3.63) is 44.9 Å². The van der Waals surface area contributed by atoms with Crippen molar-refractivity contribution >= 4 is 23.1 Å². The molecule has 1 saturated heterocycles. The summed E-state index contributed by atoms with van der Waals surface area (Å²) in [6.45, 7) is -0.0520. The molecule has 3 rings (SSSR count). The molecule has 1 aliphatic rings. The van der Waals surface area contributed by atoms with Gasteiger partial charge >= 0.3 is 17.4 Å². The lowest BCUT2D eigenvalue weighted by Crippen LogP contribution is -2.50. The van der Waals surface area contributed by atoms with E-state index in [1.807, 2.05) is 0 Å². The van der Waals surface area contributed by atoms with Crippen LogP contribution in [0.5, 0.6) is 0 Å². The summed E-state index contributed by atoms with van der Waals surface area (Å²) in [5.74, 6) is -1.21. The first-order chi connectivity index (χ1) is 12.7. The number of carbonyl (C=O) groups is 1. The molecule has 0 aromatic carbocycles. The SMILES string of the molecule is O=C(CC(F)(F)F)N1CCN(c2nc3ccccn3c(=O)c2[N+](=O)[O-])CC1. The Balaban J connectivity index is 1.87. The van der Waals surface area contributed by atoms with E-state index in [0.717, 1.165) is 9.30 Å². The van der Waals surface area contributed by atoms with E-state index >= 15 is 0 Å². The number of amides is 1. The van der Waals surface area contributed by atoms with E-state index in [2.05, 4.69) is 4.98 Å². The zero-order chi connectivity index (χ0) is 19.8. The number of anilines is 1. The lowest BCUT2D eigenvalue weighted by atomic mass is 10.2. The number of fused-ring (bicyclic) bond motifs is 1. The number of hydrogen-bond acceptors (Lipinski definition) is 6. The second-order valence-electron chi connectivity index (χ2n) is 5.93. The Morgan fingerprint density at radius 2 is 1.89 bits per heavy atom. The van der Waals surface area contributed by atoms with Crippen LogP contribution in [0.1, 0.15) is 6.42 Å². The predicted octanol–water partition coefficient (Wildman–Crippen LogP) is 1.20. The van der Waals surface area contributed by atoms with Gasteiger partial charge in [0.15, 0.2) is 0 Å². The van der Waals surface area contributed by atoms with Crippen LogP contribution >= 0.6 is 0 Å². The van der Waals surface area contributed by atoms with Gasteiger partial charge in [0.1, 0.15) is 12.1 Å². The second-order valence-corrected chi connectivity index (χ2v) is 5.93. The summed E-state index contributed by atoms with van der Waals surface area (Å²) < 4.78 is 38.1. The van der Waals surface area contributed by atoms with Crippen LogP contribution in [-0.2, 0) is 4.79 Å². The number of hydrogen-bond donors (Lipinski definition) is 0. The minimum absolute atomic E-state index is 0.0277. The third-order valence-corrected chi connectivity index (χ3v) is 4.16. The third kappa shape index (κ3) is 3.83. The Bertz CT molecular complexity index is 951. The van der Waals surface area contributed by atoms with Crippen LogP contribution in [0.25, 0.3) is 5.65 Å². The molecule has 1 amide bonds. The third-order valence-electron chi connectivity index (χ3n) is 4.16. The number of pyridine rings is 1. The Kier molecular flexibility index (Phi) is 4.72. The zero-order valence-electron chi connectivity index (χ0n) is 13.8. The highest BCUT2D eigenvalue weighted by Gasteiger charge is 2.36. The highest BCUT2D eigenvalue weighted by Crippen LogP contribution is 2.25. The molecule has 0 saturated carbocycles. The van der Waals surface area contributed by atoms with Crippen molar-refractivity contribution in [2.45, 2.75) is 12.6 Å². The second kappa shape index (κ2) is 6.85. The topological polar surface area (TPSA) is 101 Å². The summed E-state index contributed by atoms with van der Waals surface area (Å²) in [5, 5.41) is 11.4. The molecule has 0 radical (unpaired) electrons. The van der Waals surface area contributed by atoms with Gasteiger partial charge in [0.05, 0.1) is 4.92 Å². The first-order valence-corrected chi connectivity index (χ1v) is 7.92. The molecule has 144 valence electrons. The molecule has 0 atom stereocenters. The molecular formula is C15H14F3N5O4. The Morgan fingerprint density at radius 1 is 1.22 bits per heavy atom. The number of piperazine rings is 1. The van der Waals surface area contributed by atoms with Crippen LogP contribution < -0.4 is 10.5 Å². The smallest absolute Gasteiger partial charge is 0.347 e. The van der Waals surface area contributed by atoms with E-state index < -0.39 is 34.7 Å². The van der Waals surface area contributed by atoms with Crippen LogP contribution in [0.15, 0.2) is 29.2 Å². The van der Waals surface area contributed by atoms with Gasteiger partial charge < -0.3 is 9.80 Å². The van der Waals surface area contributed by atoms with E-state index in [1.54, 1.807) is 6.07 Å². The van der Waals surface area contributed by atoms with Crippen LogP contribution in [0, 0.1) is 10.1 Å². The van der Waals surface area contributed by atoms with Crippen LogP contribution in [0.2, 0.25) is 0 Å².